The van der Waals surface area contributed by atoms with Gasteiger partial charge in [0.15, 0.2) is 0 Å². The Kier molecular flexibility index (Phi) is 2.62. The molecule has 2 nitrogen and oxygen atoms in total. The first-order chi connectivity index (χ1) is 8.16. The molecule has 4 atom stereocenters. The van der Waals surface area contributed by atoms with Gasteiger partial charge in [0.05, 0.1) is 6.10 Å². The van der Waals surface area contributed by atoms with Crippen LogP contribution in [0, 0.1) is 11.8 Å². The number of phenolic OH excluding ortho intramolecular Hbond substituents is 1. The Morgan fingerprint density at radius 2 is 2.00 bits per heavy atom. The largest absolute Gasteiger partial charge is 0.508 e. The Labute approximate surface area is 102 Å². The molecule has 0 amide bonds. The van der Waals surface area contributed by atoms with Crippen molar-refractivity contribution in [3.63, 3.8) is 0 Å². The molecule has 0 bridgehead atoms. The lowest BCUT2D eigenvalue weighted by Crippen LogP contribution is -2.39. The van der Waals surface area contributed by atoms with Crippen LogP contribution in [0.15, 0.2) is 18.2 Å². The zero-order chi connectivity index (χ0) is 12.0. The number of hydrogen-bond donors (Lipinski definition) is 2. The van der Waals surface area contributed by atoms with E-state index >= 15 is 0 Å². The van der Waals surface area contributed by atoms with Gasteiger partial charge in [-0.2, -0.15) is 0 Å². The molecule has 0 radical (unpaired) electrons. The van der Waals surface area contributed by atoms with E-state index in [1.54, 1.807) is 6.07 Å². The lowest BCUT2D eigenvalue weighted by molar-refractivity contribution is 0.00536. The van der Waals surface area contributed by atoms with Gasteiger partial charge in [0.25, 0.3) is 0 Å². The second-order valence-electron chi connectivity index (χ2n) is 5.74. The molecule has 1 aromatic carbocycles. The van der Waals surface area contributed by atoms with Crippen LogP contribution in [-0.4, -0.2) is 16.3 Å². The minimum absolute atomic E-state index is 0.143. The van der Waals surface area contributed by atoms with Gasteiger partial charge in [0.1, 0.15) is 5.75 Å². The molecular formula is C15H20O2. The smallest absolute Gasteiger partial charge is 0.115 e. The Bertz CT molecular complexity index is 427. The molecule has 1 fully saturated rings. The summed E-state index contributed by atoms with van der Waals surface area (Å²) in [4.78, 5) is 0. The van der Waals surface area contributed by atoms with Gasteiger partial charge in [-0.25, -0.2) is 0 Å². The van der Waals surface area contributed by atoms with Gasteiger partial charge in [-0.05, 0) is 66.7 Å². The third kappa shape index (κ3) is 1.75. The van der Waals surface area contributed by atoms with E-state index in [4.69, 9.17) is 0 Å². The van der Waals surface area contributed by atoms with Crippen molar-refractivity contribution in [1.82, 2.24) is 0 Å². The summed E-state index contributed by atoms with van der Waals surface area (Å²) < 4.78 is 0. The zero-order valence-corrected chi connectivity index (χ0v) is 10.3. The van der Waals surface area contributed by atoms with Gasteiger partial charge in [-0.3, -0.25) is 0 Å². The Morgan fingerprint density at radius 1 is 1.18 bits per heavy atom. The number of hydrogen-bond acceptors (Lipinski definition) is 2. The molecule has 2 aliphatic rings. The SMILES string of the molecule is CC1CCC2c3ccc(O)cc3CCC2C1O. The highest BCUT2D eigenvalue weighted by Crippen LogP contribution is 2.47. The molecule has 92 valence electrons. The van der Waals surface area contributed by atoms with E-state index in [0.29, 0.717) is 23.5 Å². The summed E-state index contributed by atoms with van der Waals surface area (Å²) in [5, 5.41) is 19.8. The minimum Gasteiger partial charge on any atom is -0.508 e. The van der Waals surface area contributed by atoms with Crippen LogP contribution >= 0.6 is 0 Å². The number of fused-ring (bicyclic) bond motifs is 3. The number of aromatic hydroxyl groups is 1. The topological polar surface area (TPSA) is 40.5 Å². The first-order valence-corrected chi connectivity index (χ1v) is 6.66. The third-order valence-corrected chi connectivity index (χ3v) is 4.74. The quantitative estimate of drug-likeness (QED) is 0.722. The molecule has 1 aromatic rings. The predicted octanol–water partition coefficient (Wildman–Crippen LogP) is 2.83. The highest BCUT2D eigenvalue weighted by Gasteiger charge is 2.39. The number of aliphatic hydroxyl groups excluding tert-OH is 1. The minimum atomic E-state index is -0.143. The maximum atomic E-state index is 10.3. The van der Waals surface area contributed by atoms with Crippen LogP contribution in [0.2, 0.25) is 0 Å². The van der Waals surface area contributed by atoms with Gasteiger partial charge in [-0.15, -0.1) is 0 Å². The van der Waals surface area contributed by atoms with Crippen LogP contribution in [0.1, 0.15) is 43.2 Å². The number of aryl methyl sites for hydroxylation is 1. The van der Waals surface area contributed by atoms with Gasteiger partial charge in [0, 0.05) is 0 Å². The van der Waals surface area contributed by atoms with Crippen molar-refractivity contribution in [3.8, 4) is 5.75 Å². The van der Waals surface area contributed by atoms with E-state index < -0.39 is 0 Å². The summed E-state index contributed by atoms with van der Waals surface area (Å²) in [5.74, 6) is 1.74. The van der Waals surface area contributed by atoms with E-state index in [-0.39, 0.29) is 6.10 Å². The van der Waals surface area contributed by atoms with E-state index in [9.17, 15) is 10.2 Å². The molecule has 0 aromatic heterocycles. The Hall–Kier alpha value is -1.02. The molecule has 17 heavy (non-hydrogen) atoms. The van der Waals surface area contributed by atoms with Crippen molar-refractivity contribution in [2.45, 2.75) is 44.6 Å². The van der Waals surface area contributed by atoms with Gasteiger partial charge in [0.2, 0.25) is 0 Å². The van der Waals surface area contributed by atoms with Crippen molar-refractivity contribution in [2.75, 3.05) is 0 Å². The molecular weight excluding hydrogens is 212 g/mol. The monoisotopic (exact) mass is 232 g/mol. The lowest BCUT2D eigenvalue weighted by Gasteiger charge is -2.43. The molecule has 1 saturated carbocycles. The zero-order valence-electron chi connectivity index (χ0n) is 10.3. The molecule has 2 aliphatic carbocycles. The fourth-order valence-electron chi connectivity index (χ4n) is 3.74. The number of rotatable bonds is 0. The summed E-state index contributed by atoms with van der Waals surface area (Å²) >= 11 is 0. The Balaban J connectivity index is 1.97. The molecule has 4 unspecified atom stereocenters. The molecule has 3 rings (SSSR count). The average Bonchev–Trinajstić information content (AvgIpc) is 2.33. The molecule has 0 saturated heterocycles. The molecule has 2 heteroatoms. The summed E-state index contributed by atoms with van der Waals surface area (Å²) in [7, 11) is 0. The number of aliphatic hydroxyl groups is 1. The molecule has 0 spiro atoms. The van der Waals surface area contributed by atoms with Crippen molar-refractivity contribution in [1.29, 1.82) is 0 Å². The number of phenols is 1. The first-order valence-electron chi connectivity index (χ1n) is 6.66. The fourth-order valence-corrected chi connectivity index (χ4v) is 3.74. The summed E-state index contributed by atoms with van der Waals surface area (Å²) in [6.45, 7) is 2.16. The van der Waals surface area contributed by atoms with E-state index in [2.05, 4.69) is 13.0 Å². The maximum absolute atomic E-state index is 10.3. The molecule has 0 heterocycles. The molecule has 2 N–H and O–H groups in total. The maximum Gasteiger partial charge on any atom is 0.115 e. The third-order valence-electron chi connectivity index (χ3n) is 4.74. The Morgan fingerprint density at radius 3 is 2.82 bits per heavy atom. The average molecular weight is 232 g/mol. The van der Waals surface area contributed by atoms with E-state index in [1.165, 1.54) is 17.5 Å². The second kappa shape index (κ2) is 4.02. The fraction of sp³-hybridized carbons (Fsp3) is 0.600. The summed E-state index contributed by atoms with van der Waals surface area (Å²) in [6.07, 6.45) is 4.21. The van der Waals surface area contributed by atoms with Crippen molar-refractivity contribution in [3.05, 3.63) is 29.3 Å². The first kappa shape index (κ1) is 11.1. The van der Waals surface area contributed by atoms with Crippen LogP contribution < -0.4 is 0 Å². The second-order valence-corrected chi connectivity index (χ2v) is 5.74. The van der Waals surface area contributed by atoms with Crippen molar-refractivity contribution in [2.24, 2.45) is 11.8 Å². The normalized spacial score (nSPS) is 36.1. The predicted molar refractivity (Wildman–Crippen MR) is 67.1 cm³/mol. The van der Waals surface area contributed by atoms with Gasteiger partial charge >= 0.3 is 0 Å². The van der Waals surface area contributed by atoms with Crippen molar-refractivity contribution >= 4 is 0 Å². The highest BCUT2D eigenvalue weighted by atomic mass is 16.3. The van der Waals surface area contributed by atoms with Crippen LogP contribution in [0.5, 0.6) is 5.75 Å². The van der Waals surface area contributed by atoms with Crippen LogP contribution in [-0.2, 0) is 6.42 Å². The van der Waals surface area contributed by atoms with Gasteiger partial charge < -0.3 is 10.2 Å². The highest BCUT2D eigenvalue weighted by molar-refractivity contribution is 5.39. The van der Waals surface area contributed by atoms with Gasteiger partial charge in [-0.1, -0.05) is 13.0 Å². The number of benzene rings is 1. The summed E-state index contributed by atoms with van der Waals surface area (Å²) in [5.41, 5.74) is 2.65. The van der Waals surface area contributed by atoms with Crippen molar-refractivity contribution < 1.29 is 10.2 Å². The standard InChI is InChI=1S/C15H20O2/c1-9-2-5-13-12-7-4-11(16)8-10(12)3-6-14(13)15(9)17/h4,7-9,13-17H,2-3,5-6H2,1H3. The van der Waals surface area contributed by atoms with E-state index in [0.717, 1.165) is 19.3 Å². The van der Waals surface area contributed by atoms with Crippen LogP contribution in [0.3, 0.4) is 0 Å². The molecule has 0 aliphatic heterocycles. The van der Waals surface area contributed by atoms with E-state index in [1.807, 2.05) is 6.07 Å². The summed E-state index contributed by atoms with van der Waals surface area (Å²) in [6, 6.07) is 5.74. The van der Waals surface area contributed by atoms with Crippen LogP contribution in [0.25, 0.3) is 0 Å². The lowest BCUT2D eigenvalue weighted by atomic mass is 9.64. The van der Waals surface area contributed by atoms with Crippen LogP contribution in [0.4, 0.5) is 0 Å².